The number of unbranched alkanes of at least 4 members (excludes halogenated alkanes) is 2. The molecular weight excluding hydrogens is 332 g/mol. The molecule has 4 nitrogen and oxygen atoms in total. The number of aliphatic hydroxyl groups is 2. The molecule has 0 saturated carbocycles. The third kappa shape index (κ3) is 11.9. The highest BCUT2D eigenvalue weighted by Crippen LogP contribution is 2.10. The number of halogens is 1. The van der Waals surface area contributed by atoms with Crippen LogP contribution in [-0.4, -0.2) is 33.4 Å². The van der Waals surface area contributed by atoms with E-state index in [4.69, 9.17) is 10.2 Å². The number of H-pyrrole nitrogens is 1. The Bertz CT molecular complexity index is 312. The lowest BCUT2D eigenvalue weighted by Gasteiger charge is -2.16. The van der Waals surface area contributed by atoms with E-state index in [0.29, 0.717) is 0 Å². The smallest absolute Gasteiger partial charge is 0.106 e. The van der Waals surface area contributed by atoms with Gasteiger partial charge >= 0.3 is 0 Å². The first kappa shape index (κ1) is 22.9. The molecule has 0 amide bonds. The van der Waals surface area contributed by atoms with E-state index in [1.165, 1.54) is 31.4 Å². The van der Waals surface area contributed by atoms with E-state index >= 15 is 0 Å². The third-order valence-corrected chi connectivity index (χ3v) is 3.10. The summed E-state index contributed by atoms with van der Waals surface area (Å²) < 4.78 is 0. The van der Waals surface area contributed by atoms with E-state index in [1.807, 2.05) is 6.20 Å². The molecule has 0 bridgehead atoms. The zero-order valence-corrected chi connectivity index (χ0v) is 15.7. The Kier molecular flexibility index (Phi) is 14.5. The van der Waals surface area contributed by atoms with Crippen LogP contribution in [0.25, 0.3) is 0 Å². The number of hydrogen-bond donors (Lipinski definition) is 3. The van der Waals surface area contributed by atoms with Crippen LogP contribution in [0.5, 0.6) is 0 Å². The van der Waals surface area contributed by atoms with Crippen molar-refractivity contribution in [2.45, 2.75) is 66.2 Å². The molecule has 3 N–H and O–H groups in total. The fraction of sp³-hybridized carbons (Fsp3) is 0.812. The number of aromatic nitrogens is 2. The molecule has 1 rings (SSSR count). The molecule has 1 aromatic heterocycles. The molecule has 1 heterocycles. The van der Waals surface area contributed by atoms with Gasteiger partial charge in [-0.3, -0.25) is 0 Å². The number of nitrogens with one attached hydrogen (secondary N) is 1. The largest absolute Gasteiger partial charge is 0.396 e. The van der Waals surface area contributed by atoms with Gasteiger partial charge in [0.05, 0.1) is 13.2 Å². The first-order valence-electron chi connectivity index (χ1n) is 7.73. The Hall–Kier alpha value is -0.390. The second-order valence-electron chi connectivity index (χ2n) is 6.04. The maximum Gasteiger partial charge on any atom is 0.106 e. The molecule has 21 heavy (non-hydrogen) atoms. The van der Waals surface area contributed by atoms with Crippen molar-refractivity contribution in [3.05, 3.63) is 17.7 Å². The van der Waals surface area contributed by atoms with Gasteiger partial charge in [-0.05, 0) is 19.3 Å². The second kappa shape index (κ2) is 13.3. The second-order valence-corrected chi connectivity index (χ2v) is 6.04. The van der Waals surface area contributed by atoms with Crippen LogP contribution in [0.2, 0.25) is 0 Å². The van der Waals surface area contributed by atoms with Crippen LogP contribution in [-0.2, 0) is 12.8 Å². The molecule has 0 aliphatic carbocycles. The lowest BCUT2D eigenvalue weighted by Crippen LogP contribution is -2.20. The van der Waals surface area contributed by atoms with Crippen molar-refractivity contribution in [3.8, 4) is 0 Å². The SMILES string of the molecule is Br.CC(C)(CO)CO.CCCCc1cnc(CCCC)[nH]1. The van der Waals surface area contributed by atoms with Crippen LogP contribution >= 0.6 is 17.0 Å². The minimum atomic E-state index is -0.306. The quantitative estimate of drug-likeness (QED) is 0.658. The van der Waals surface area contributed by atoms with Gasteiger partial charge in [-0.2, -0.15) is 0 Å². The van der Waals surface area contributed by atoms with Gasteiger partial charge in [-0.1, -0.05) is 40.5 Å². The molecular formula is C16H33BrN2O2. The van der Waals surface area contributed by atoms with Gasteiger partial charge in [0.2, 0.25) is 0 Å². The van der Waals surface area contributed by atoms with Crippen LogP contribution in [0.15, 0.2) is 6.20 Å². The fourth-order valence-electron chi connectivity index (χ4n) is 1.42. The normalized spacial score (nSPS) is 10.6. The number of imidazole rings is 1. The number of hydrogen-bond acceptors (Lipinski definition) is 3. The average molecular weight is 365 g/mol. The fourth-order valence-corrected chi connectivity index (χ4v) is 1.42. The number of aliphatic hydroxyl groups excluding tert-OH is 2. The molecule has 0 saturated heterocycles. The summed E-state index contributed by atoms with van der Waals surface area (Å²) in [6.07, 6.45) is 9.23. The minimum absolute atomic E-state index is 0. The summed E-state index contributed by atoms with van der Waals surface area (Å²) in [6, 6.07) is 0. The van der Waals surface area contributed by atoms with E-state index in [-0.39, 0.29) is 35.6 Å². The summed E-state index contributed by atoms with van der Waals surface area (Å²) in [5.41, 5.74) is 0.993. The van der Waals surface area contributed by atoms with Crippen molar-refractivity contribution in [2.75, 3.05) is 13.2 Å². The summed E-state index contributed by atoms with van der Waals surface area (Å²) in [5, 5.41) is 16.9. The maximum absolute atomic E-state index is 8.43. The average Bonchev–Trinajstić information content (AvgIpc) is 2.91. The van der Waals surface area contributed by atoms with Crippen LogP contribution < -0.4 is 0 Å². The predicted octanol–water partition coefficient (Wildman–Crippen LogP) is 3.67. The third-order valence-electron chi connectivity index (χ3n) is 3.10. The standard InChI is InChI=1S/C11H20N2.C5H12O2.BrH/c1-3-5-7-10-9-12-11(13-10)8-6-4-2;1-5(2,3-6)4-7;/h9H,3-8H2,1-2H3,(H,12,13);6-7H,3-4H2,1-2H3;1H. The van der Waals surface area contributed by atoms with E-state index in [9.17, 15) is 0 Å². The molecule has 0 spiro atoms. The van der Waals surface area contributed by atoms with Crippen LogP contribution in [0.3, 0.4) is 0 Å². The van der Waals surface area contributed by atoms with Crippen LogP contribution in [0.1, 0.15) is 64.9 Å². The van der Waals surface area contributed by atoms with E-state index < -0.39 is 0 Å². The molecule has 126 valence electrons. The van der Waals surface area contributed by atoms with Gasteiger partial charge in [-0.15, -0.1) is 17.0 Å². The van der Waals surface area contributed by atoms with Gasteiger partial charge in [-0.25, -0.2) is 4.98 Å². The number of nitrogens with zero attached hydrogens (tertiary/aromatic N) is 1. The Morgan fingerprint density at radius 2 is 1.57 bits per heavy atom. The number of rotatable bonds is 8. The Labute approximate surface area is 140 Å². The molecule has 0 radical (unpaired) electrons. The molecule has 0 aliphatic rings. The monoisotopic (exact) mass is 364 g/mol. The molecule has 1 aromatic rings. The lowest BCUT2D eigenvalue weighted by molar-refractivity contribution is 0.0857. The predicted molar refractivity (Wildman–Crippen MR) is 94.1 cm³/mol. The summed E-state index contributed by atoms with van der Waals surface area (Å²) in [5.74, 6) is 1.16. The summed E-state index contributed by atoms with van der Waals surface area (Å²) >= 11 is 0. The topological polar surface area (TPSA) is 69.1 Å². The Morgan fingerprint density at radius 3 is 2.00 bits per heavy atom. The van der Waals surface area contributed by atoms with Crippen LogP contribution in [0, 0.1) is 5.41 Å². The van der Waals surface area contributed by atoms with Gasteiger partial charge < -0.3 is 15.2 Å². The van der Waals surface area contributed by atoms with Gasteiger partial charge in [0.15, 0.2) is 0 Å². The van der Waals surface area contributed by atoms with Crippen molar-refractivity contribution in [1.29, 1.82) is 0 Å². The van der Waals surface area contributed by atoms with Gasteiger partial charge in [0.25, 0.3) is 0 Å². The highest BCUT2D eigenvalue weighted by molar-refractivity contribution is 8.93. The van der Waals surface area contributed by atoms with Crippen LogP contribution in [0.4, 0.5) is 0 Å². The van der Waals surface area contributed by atoms with E-state index in [0.717, 1.165) is 18.7 Å². The zero-order chi connectivity index (χ0) is 15.4. The molecule has 5 heteroatoms. The molecule has 0 fully saturated rings. The summed E-state index contributed by atoms with van der Waals surface area (Å²) in [4.78, 5) is 7.72. The highest BCUT2D eigenvalue weighted by Gasteiger charge is 2.13. The number of aryl methyl sites for hydroxylation is 2. The maximum atomic E-state index is 8.43. The lowest BCUT2D eigenvalue weighted by atomic mass is 9.97. The number of aromatic amines is 1. The first-order valence-corrected chi connectivity index (χ1v) is 7.73. The highest BCUT2D eigenvalue weighted by atomic mass is 79.9. The van der Waals surface area contributed by atoms with Crippen molar-refractivity contribution >= 4 is 17.0 Å². The van der Waals surface area contributed by atoms with Crippen molar-refractivity contribution in [3.63, 3.8) is 0 Å². The minimum Gasteiger partial charge on any atom is -0.396 e. The molecule has 0 atom stereocenters. The molecule has 0 aromatic carbocycles. The van der Waals surface area contributed by atoms with Crippen molar-refractivity contribution in [2.24, 2.45) is 5.41 Å². The Balaban J connectivity index is 0. The molecule has 0 unspecified atom stereocenters. The van der Waals surface area contributed by atoms with Crippen molar-refractivity contribution < 1.29 is 10.2 Å². The zero-order valence-electron chi connectivity index (χ0n) is 14.0. The Morgan fingerprint density at radius 1 is 1.05 bits per heavy atom. The van der Waals surface area contributed by atoms with Crippen molar-refractivity contribution in [1.82, 2.24) is 9.97 Å². The van der Waals surface area contributed by atoms with E-state index in [1.54, 1.807) is 13.8 Å². The van der Waals surface area contributed by atoms with Gasteiger partial charge in [0, 0.05) is 23.7 Å². The molecule has 0 aliphatic heterocycles. The summed E-state index contributed by atoms with van der Waals surface area (Å²) in [6.45, 7) is 8.11. The first-order chi connectivity index (χ1) is 9.49. The summed E-state index contributed by atoms with van der Waals surface area (Å²) in [7, 11) is 0. The van der Waals surface area contributed by atoms with E-state index in [2.05, 4.69) is 23.8 Å². The van der Waals surface area contributed by atoms with Gasteiger partial charge in [0.1, 0.15) is 5.82 Å².